The summed E-state index contributed by atoms with van der Waals surface area (Å²) < 4.78 is 36.2. The predicted octanol–water partition coefficient (Wildman–Crippen LogP) is 2.65. The van der Waals surface area contributed by atoms with Crippen molar-refractivity contribution in [1.29, 1.82) is 0 Å². The molecule has 1 aromatic heterocycles. The Kier molecular flexibility index (Phi) is 8.91. The molecule has 0 saturated carbocycles. The number of carbonyl (C=O) groups excluding carboxylic acids is 2. The van der Waals surface area contributed by atoms with E-state index in [1.54, 1.807) is 6.92 Å². The first-order chi connectivity index (χ1) is 14.6. The molecule has 31 heavy (non-hydrogen) atoms. The van der Waals surface area contributed by atoms with E-state index in [1.165, 1.54) is 32.4 Å². The van der Waals surface area contributed by atoms with Crippen LogP contribution in [-0.2, 0) is 24.3 Å². The standard InChI is InChI=1S/C17H21ClN4O6S3/c1-5-12(15(24)19-16-20-21-17(30-16)29-9-14(23)28-3)22(31(4,25)26)10-6-7-13(27-2)11(18)8-10/h6-8,12H,5,9H2,1-4H3,(H,19,20,24)/t12-/m1/s1. The number of hydrogen-bond donors (Lipinski definition) is 1. The van der Waals surface area contributed by atoms with Gasteiger partial charge in [-0.1, -0.05) is 41.6 Å². The van der Waals surface area contributed by atoms with Gasteiger partial charge in [-0.25, -0.2) is 8.42 Å². The normalized spacial score (nSPS) is 12.2. The highest BCUT2D eigenvalue weighted by Gasteiger charge is 2.32. The average molecular weight is 509 g/mol. The van der Waals surface area contributed by atoms with Crippen LogP contribution in [-0.4, -0.2) is 62.8 Å². The number of aromatic nitrogens is 2. The fourth-order valence-electron chi connectivity index (χ4n) is 2.54. The van der Waals surface area contributed by atoms with Gasteiger partial charge in [0.2, 0.25) is 21.1 Å². The van der Waals surface area contributed by atoms with Gasteiger partial charge in [0.25, 0.3) is 0 Å². The van der Waals surface area contributed by atoms with Crippen molar-refractivity contribution in [3.63, 3.8) is 0 Å². The maximum atomic E-state index is 12.9. The highest BCUT2D eigenvalue weighted by Crippen LogP contribution is 2.32. The molecule has 0 saturated heterocycles. The van der Waals surface area contributed by atoms with Crippen molar-refractivity contribution in [1.82, 2.24) is 10.2 Å². The number of ether oxygens (including phenoxy) is 2. The SMILES string of the molecule is CC[C@H](C(=O)Nc1nnc(SCC(=O)OC)s1)N(c1ccc(OC)c(Cl)c1)S(C)(=O)=O. The molecule has 0 fully saturated rings. The van der Waals surface area contributed by atoms with E-state index in [-0.39, 0.29) is 28.0 Å². The molecular weight excluding hydrogens is 488 g/mol. The zero-order chi connectivity index (χ0) is 23.2. The number of anilines is 2. The van der Waals surface area contributed by atoms with Gasteiger partial charge in [0, 0.05) is 0 Å². The number of rotatable bonds is 10. The van der Waals surface area contributed by atoms with Crippen molar-refractivity contribution < 1.29 is 27.5 Å². The van der Waals surface area contributed by atoms with Crippen LogP contribution < -0.4 is 14.4 Å². The topological polar surface area (TPSA) is 128 Å². The number of methoxy groups -OCH3 is 2. The smallest absolute Gasteiger partial charge is 0.316 e. The van der Waals surface area contributed by atoms with Crippen molar-refractivity contribution in [2.45, 2.75) is 23.7 Å². The second-order valence-corrected chi connectivity index (χ2v) is 10.5. The molecule has 0 bridgehead atoms. The van der Waals surface area contributed by atoms with Gasteiger partial charge in [-0.3, -0.25) is 19.2 Å². The Hall–Kier alpha value is -2.09. The molecule has 0 spiro atoms. The Bertz CT molecular complexity index is 1050. The number of halogens is 1. The molecule has 10 nitrogen and oxygen atoms in total. The van der Waals surface area contributed by atoms with Gasteiger partial charge in [0.05, 0.1) is 36.9 Å². The van der Waals surface area contributed by atoms with Gasteiger partial charge in [-0.2, -0.15) is 0 Å². The largest absolute Gasteiger partial charge is 0.495 e. The predicted molar refractivity (Wildman–Crippen MR) is 121 cm³/mol. The maximum absolute atomic E-state index is 12.9. The Labute approximate surface area is 193 Å². The summed E-state index contributed by atoms with van der Waals surface area (Å²) in [4.78, 5) is 24.1. The van der Waals surface area contributed by atoms with Crippen LogP contribution in [0.4, 0.5) is 10.8 Å². The molecule has 0 aliphatic rings. The molecule has 0 aliphatic heterocycles. The third-order valence-electron chi connectivity index (χ3n) is 3.90. The first kappa shape index (κ1) is 25.2. The van der Waals surface area contributed by atoms with Crippen molar-refractivity contribution in [2.75, 3.05) is 35.9 Å². The number of nitrogens with zero attached hydrogens (tertiary/aromatic N) is 3. The Balaban J connectivity index is 2.24. The van der Waals surface area contributed by atoms with E-state index in [0.29, 0.717) is 10.1 Å². The fraction of sp³-hybridized carbons (Fsp3) is 0.412. The van der Waals surface area contributed by atoms with E-state index in [0.717, 1.165) is 33.7 Å². The number of thioether (sulfide) groups is 1. The summed E-state index contributed by atoms with van der Waals surface area (Å²) in [5.41, 5.74) is 0.224. The number of benzene rings is 1. The molecule has 1 aromatic carbocycles. The van der Waals surface area contributed by atoms with Crippen LogP contribution in [0.2, 0.25) is 5.02 Å². The third-order valence-corrected chi connectivity index (χ3v) is 7.32. The minimum atomic E-state index is -3.83. The highest BCUT2D eigenvalue weighted by molar-refractivity contribution is 8.01. The van der Waals surface area contributed by atoms with Gasteiger partial charge in [-0.15, -0.1) is 10.2 Å². The second kappa shape index (κ2) is 11.0. The van der Waals surface area contributed by atoms with Gasteiger partial charge < -0.3 is 9.47 Å². The quantitative estimate of drug-likeness (QED) is 0.292. The van der Waals surface area contributed by atoms with E-state index < -0.39 is 27.9 Å². The van der Waals surface area contributed by atoms with Crippen LogP contribution in [0.1, 0.15) is 13.3 Å². The van der Waals surface area contributed by atoms with Crippen molar-refractivity contribution in [2.24, 2.45) is 0 Å². The summed E-state index contributed by atoms with van der Waals surface area (Å²) in [6.07, 6.45) is 1.19. The Morgan fingerprint density at radius 1 is 1.32 bits per heavy atom. The molecule has 0 aliphatic carbocycles. The van der Waals surface area contributed by atoms with E-state index >= 15 is 0 Å². The minimum absolute atomic E-state index is 0.0523. The van der Waals surface area contributed by atoms with Gasteiger partial charge in [0.15, 0.2) is 4.34 Å². The van der Waals surface area contributed by atoms with E-state index in [2.05, 4.69) is 20.3 Å². The maximum Gasteiger partial charge on any atom is 0.316 e. The molecule has 1 amide bonds. The fourth-order valence-corrected chi connectivity index (χ4v) is 5.58. The lowest BCUT2D eigenvalue weighted by molar-refractivity contribution is -0.137. The summed E-state index contributed by atoms with van der Waals surface area (Å²) in [6, 6.07) is 3.39. The molecule has 0 radical (unpaired) electrons. The first-order valence-corrected chi connectivity index (χ1v) is 12.8. The van der Waals surface area contributed by atoms with Crippen LogP contribution >= 0.6 is 34.7 Å². The van der Waals surface area contributed by atoms with Crippen molar-refractivity contribution in [3.8, 4) is 5.75 Å². The molecule has 1 atom stereocenters. The van der Waals surface area contributed by atoms with E-state index in [4.69, 9.17) is 16.3 Å². The first-order valence-electron chi connectivity index (χ1n) is 8.77. The number of amides is 1. The number of nitrogens with one attached hydrogen (secondary N) is 1. The van der Waals surface area contributed by atoms with Crippen molar-refractivity contribution in [3.05, 3.63) is 23.2 Å². The molecule has 2 aromatic rings. The number of hydrogen-bond acceptors (Lipinski definition) is 10. The van der Waals surface area contributed by atoms with Crippen LogP contribution in [0.5, 0.6) is 5.75 Å². The number of carbonyl (C=O) groups is 2. The lowest BCUT2D eigenvalue weighted by atomic mass is 10.2. The number of sulfonamides is 1. The Morgan fingerprint density at radius 2 is 2.03 bits per heavy atom. The van der Waals surface area contributed by atoms with Gasteiger partial charge >= 0.3 is 5.97 Å². The minimum Gasteiger partial charge on any atom is -0.495 e. The molecule has 170 valence electrons. The molecular formula is C17H21ClN4O6S3. The summed E-state index contributed by atoms with van der Waals surface area (Å²) in [5, 5.41) is 10.7. The lowest BCUT2D eigenvalue weighted by Crippen LogP contribution is -2.47. The van der Waals surface area contributed by atoms with Gasteiger partial charge in [0.1, 0.15) is 11.8 Å². The van der Waals surface area contributed by atoms with Crippen LogP contribution in [0.25, 0.3) is 0 Å². The molecule has 1 N–H and O–H groups in total. The van der Waals surface area contributed by atoms with Crippen LogP contribution in [0, 0.1) is 0 Å². The summed E-state index contributed by atoms with van der Waals surface area (Å²) >= 11 is 8.32. The van der Waals surface area contributed by atoms with E-state index in [9.17, 15) is 18.0 Å². The van der Waals surface area contributed by atoms with E-state index in [1.807, 2.05) is 0 Å². The Morgan fingerprint density at radius 3 is 2.58 bits per heavy atom. The molecule has 1 heterocycles. The number of esters is 1. The van der Waals surface area contributed by atoms with Crippen molar-refractivity contribution >= 4 is 67.4 Å². The molecule has 14 heteroatoms. The van der Waals surface area contributed by atoms with Crippen LogP contribution in [0.3, 0.4) is 0 Å². The van der Waals surface area contributed by atoms with Gasteiger partial charge in [-0.05, 0) is 24.6 Å². The zero-order valence-electron chi connectivity index (χ0n) is 17.1. The lowest BCUT2D eigenvalue weighted by Gasteiger charge is -2.30. The highest BCUT2D eigenvalue weighted by atomic mass is 35.5. The molecule has 0 unspecified atom stereocenters. The third kappa shape index (κ3) is 6.69. The summed E-state index contributed by atoms with van der Waals surface area (Å²) in [5.74, 6) is -0.571. The zero-order valence-corrected chi connectivity index (χ0v) is 20.3. The summed E-state index contributed by atoms with van der Waals surface area (Å²) in [6.45, 7) is 1.69. The monoisotopic (exact) mass is 508 g/mol. The summed E-state index contributed by atoms with van der Waals surface area (Å²) in [7, 11) is -1.11. The molecule has 2 rings (SSSR count). The van der Waals surface area contributed by atoms with Crippen LogP contribution in [0.15, 0.2) is 22.5 Å². The second-order valence-electron chi connectivity index (χ2n) is 6.03. The average Bonchev–Trinajstić information content (AvgIpc) is 3.16.